The van der Waals surface area contributed by atoms with Crippen LogP contribution in [0.15, 0.2) is 35.9 Å². The number of carbonyl (C=O) groups excluding carboxylic acids is 1. The van der Waals surface area contributed by atoms with E-state index in [0.717, 1.165) is 0 Å². The van der Waals surface area contributed by atoms with Gasteiger partial charge in [0.25, 0.3) is 0 Å². The van der Waals surface area contributed by atoms with Crippen LogP contribution in [-0.2, 0) is 4.79 Å². The standard InChI is InChI=1S/C11H10BrClO2/c1-2-8(7-12)11(14)15-10-6-4-3-5-9(10)13/h2-6H,7H2,1H3. The monoisotopic (exact) mass is 288 g/mol. The number of allylic oxidation sites excluding steroid dienone is 1. The molecule has 0 atom stereocenters. The zero-order valence-corrected chi connectivity index (χ0v) is 10.5. The molecule has 0 aliphatic heterocycles. The number of para-hydroxylation sites is 1. The molecule has 0 fully saturated rings. The van der Waals surface area contributed by atoms with Crippen molar-refractivity contribution in [1.29, 1.82) is 0 Å². The molecule has 4 heteroatoms. The van der Waals surface area contributed by atoms with Crippen LogP contribution in [0.4, 0.5) is 0 Å². The third-order valence-corrected chi connectivity index (χ3v) is 2.71. The summed E-state index contributed by atoms with van der Waals surface area (Å²) in [5, 5.41) is 0.892. The van der Waals surface area contributed by atoms with Gasteiger partial charge in [-0.1, -0.05) is 45.7 Å². The number of esters is 1. The van der Waals surface area contributed by atoms with Crippen molar-refractivity contribution < 1.29 is 9.53 Å². The molecule has 0 bridgehead atoms. The molecule has 0 aliphatic carbocycles. The SMILES string of the molecule is CC=C(CBr)C(=O)Oc1ccccc1Cl. The van der Waals surface area contributed by atoms with Crippen molar-refractivity contribution >= 4 is 33.5 Å². The highest BCUT2D eigenvalue weighted by atomic mass is 79.9. The van der Waals surface area contributed by atoms with Crippen LogP contribution in [0.3, 0.4) is 0 Å². The van der Waals surface area contributed by atoms with Crippen molar-refractivity contribution in [1.82, 2.24) is 0 Å². The summed E-state index contributed by atoms with van der Waals surface area (Å²) in [7, 11) is 0. The maximum absolute atomic E-state index is 11.5. The van der Waals surface area contributed by atoms with Gasteiger partial charge in [-0.25, -0.2) is 4.79 Å². The van der Waals surface area contributed by atoms with E-state index in [1.54, 1.807) is 37.3 Å². The second-order valence-electron chi connectivity index (χ2n) is 2.77. The molecule has 0 aliphatic rings. The molecular formula is C11H10BrClO2. The molecule has 0 spiro atoms. The molecule has 0 saturated heterocycles. The second kappa shape index (κ2) is 5.93. The third-order valence-electron chi connectivity index (χ3n) is 1.79. The predicted octanol–water partition coefficient (Wildman–Crippen LogP) is 3.59. The van der Waals surface area contributed by atoms with Crippen molar-refractivity contribution in [3.63, 3.8) is 0 Å². The van der Waals surface area contributed by atoms with Crippen molar-refractivity contribution in [2.75, 3.05) is 5.33 Å². The average Bonchev–Trinajstić information content (AvgIpc) is 2.23. The molecule has 2 nitrogen and oxygen atoms in total. The smallest absolute Gasteiger partial charge is 0.339 e. The Kier molecular flexibility index (Phi) is 4.85. The first-order chi connectivity index (χ1) is 7.19. The first kappa shape index (κ1) is 12.3. The Bertz CT molecular complexity index is 388. The highest BCUT2D eigenvalue weighted by Crippen LogP contribution is 2.24. The number of halogens is 2. The molecule has 80 valence electrons. The topological polar surface area (TPSA) is 26.3 Å². The highest BCUT2D eigenvalue weighted by molar-refractivity contribution is 9.09. The van der Waals surface area contributed by atoms with Crippen LogP contribution >= 0.6 is 27.5 Å². The van der Waals surface area contributed by atoms with Crippen molar-refractivity contribution in [3.8, 4) is 5.75 Å². The van der Waals surface area contributed by atoms with Crippen LogP contribution in [0, 0.1) is 0 Å². The Balaban J connectivity index is 2.79. The number of rotatable bonds is 3. The molecule has 0 saturated carbocycles. The summed E-state index contributed by atoms with van der Waals surface area (Å²) in [5.41, 5.74) is 0.565. The molecule has 1 aromatic carbocycles. The van der Waals surface area contributed by atoms with Crippen LogP contribution in [0.5, 0.6) is 5.75 Å². The maximum Gasteiger partial charge on any atom is 0.339 e. The van der Waals surface area contributed by atoms with Crippen LogP contribution < -0.4 is 4.74 Å². The zero-order valence-electron chi connectivity index (χ0n) is 8.17. The summed E-state index contributed by atoms with van der Waals surface area (Å²) in [6, 6.07) is 6.87. The van der Waals surface area contributed by atoms with E-state index in [-0.39, 0.29) is 5.97 Å². The van der Waals surface area contributed by atoms with Crippen LogP contribution in [0.2, 0.25) is 5.02 Å². The van der Waals surface area contributed by atoms with E-state index in [4.69, 9.17) is 16.3 Å². The van der Waals surface area contributed by atoms with Gasteiger partial charge in [0.1, 0.15) is 5.75 Å². The second-order valence-corrected chi connectivity index (χ2v) is 3.74. The molecule has 1 rings (SSSR count). The number of alkyl halides is 1. The molecule has 0 unspecified atom stereocenters. The summed E-state index contributed by atoms with van der Waals surface area (Å²) >= 11 is 9.06. The van der Waals surface area contributed by atoms with Gasteiger partial charge < -0.3 is 4.74 Å². The van der Waals surface area contributed by atoms with Gasteiger partial charge in [0.05, 0.1) is 5.02 Å². The summed E-state index contributed by atoms with van der Waals surface area (Å²) in [5.74, 6) is -0.00746. The number of hydrogen-bond donors (Lipinski definition) is 0. The van der Waals surface area contributed by atoms with Gasteiger partial charge in [-0.15, -0.1) is 0 Å². The number of hydrogen-bond acceptors (Lipinski definition) is 2. The molecule has 0 aromatic heterocycles. The van der Waals surface area contributed by atoms with Gasteiger partial charge in [0.15, 0.2) is 0 Å². The van der Waals surface area contributed by atoms with Crippen LogP contribution in [0.1, 0.15) is 6.92 Å². The van der Waals surface area contributed by atoms with Gasteiger partial charge in [-0.3, -0.25) is 0 Å². The molecular weight excluding hydrogens is 279 g/mol. The summed E-state index contributed by atoms with van der Waals surface area (Å²) in [6.45, 7) is 1.78. The van der Waals surface area contributed by atoms with Crippen molar-refractivity contribution in [3.05, 3.63) is 40.9 Å². The molecule has 0 radical (unpaired) electrons. The van der Waals surface area contributed by atoms with E-state index in [0.29, 0.717) is 21.7 Å². The molecule has 0 heterocycles. The summed E-state index contributed by atoms with van der Waals surface area (Å²) in [4.78, 5) is 11.5. The lowest BCUT2D eigenvalue weighted by Gasteiger charge is -2.06. The van der Waals surface area contributed by atoms with E-state index in [1.165, 1.54) is 0 Å². The lowest BCUT2D eigenvalue weighted by molar-refractivity contribution is -0.130. The van der Waals surface area contributed by atoms with Gasteiger partial charge in [-0.2, -0.15) is 0 Å². The van der Waals surface area contributed by atoms with Crippen LogP contribution in [0.25, 0.3) is 0 Å². The largest absolute Gasteiger partial charge is 0.422 e. The Morgan fingerprint density at radius 1 is 1.53 bits per heavy atom. The van der Waals surface area contributed by atoms with Gasteiger partial charge in [-0.05, 0) is 19.1 Å². The molecule has 0 N–H and O–H groups in total. The van der Waals surface area contributed by atoms with E-state index in [9.17, 15) is 4.79 Å². The Hall–Kier alpha value is -0.800. The summed E-state index contributed by atoms with van der Waals surface area (Å²) < 4.78 is 5.12. The molecule has 1 aromatic rings. The molecule has 0 amide bonds. The van der Waals surface area contributed by atoms with E-state index in [1.807, 2.05) is 0 Å². The Labute approximate surface area is 102 Å². The fourth-order valence-electron chi connectivity index (χ4n) is 0.942. The quantitative estimate of drug-likeness (QED) is 0.368. The van der Waals surface area contributed by atoms with Crippen LogP contribution in [-0.4, -0.2) is 11.3 Å². The first-order valence-corrected chi connectivity index (χ1v) is 5.86. The van der Waals surface area contributed by atoms with Crippen molar-refractivity contribution in [2.45, 2.75) is 6.92 Å². The first-order valence-electron chi connectivity index (χ1n) is 4.37. The molecule has 15 heavy (non-hydrogen) atoms. The Morgan fingerprint density at radius 2 is 2.20 bits per heavy atom. The van der Waals surface area contributed by atoms with E-state index >= 15 is 0 Å². The fraction of sp³-hybridized carbons (Fsp3) is 0.182. The van der Waals surface area contributed by atoms with E-state index in [2.05, 4.69) is 15.9 Å². The fourth-order valence-corrected chi connectivity index (χ4v) is 1.67. The van der Waals surface area contributed by atoms with E-state index < -0.39 is 0 Å². The third kappa shape index (κ3) is 3.36. The zero-order chi connectivity index (χ0) is 11.3. The normalized spacial score (nSPS) is 11.3. The van der Waals surface area contributed by atoms with Crippen molar-refractivity contribution in [2.24, 2.45) is 0 Å². The highest BCUT2D eigenvalue weighted by Gasteiger charge is 2.11. The minimum absolute atomic E-state index is 0.379. The minimum atomic E-state index is -0.387. The predicted molar refractivity (Wildman–Crippen MR) is 64.6 cm³/mol. The lowest BCUT2D eigenvalue weighted by Crippen LogP contribution is -2.12. The lowest BCUT2D eigenvalue weighted by atomic mass is 10.3. The number of ether oxygens (including phenoxy) is 1. The van der Waals surface area contributed by atoms with Gasteiger partial charge in [0, 0.05) is 10.9 Å². The average molecular weight is 290 g/mol. The van der Waals surface area contributed by atoms with Gasteiger partial charge in [0.2, 0.25) is 0 Å². The Morgan fingerprint density at radius 3 is 2.73 bits per heavy atom. The maximum atomic E-state index is 11.5. The van der Waals surface area contributed by atoms with Gasteiger partial charge >= 0.3 is 5.97 Å². The minimum Gasteiger partial charge on any atom is -0.422 e. The number of carbonyl (C=O) groups is 1. The number of benzene rings is 1. The summed E-state index contributed by atoms with van der Waals surface area (Å²) in [6.07, 6.45) is 1.70.